The van der Waals surface area contributed by atoms with Crippen LogP contribution in [0.2, 0.25) is 0 Å². The first-order valence-electron chi connectivity index (χ1n) is 9.57. The van der Waals surface area contributed by atoms with E-state index in [4.69, 9.17) is 0 Å². The van der Waals surface area contributed by atoms with Crippen molar-refractivity contribution in [2.24, 2.45) is 0 Å². The molecule has 8 nitrogen and oxygen atoms in total. The van der Waals surface area contributed by atoms with Gasteiger partial charge in [-0.1, -0.05) is 6.07 Å². The van der Waals surface area contributed by atoms with Crippen molar-refractivity contribution in [1.82, 2.24) is 19.9 Å². The number of carbonyl (C=O) groups is 1. The van der Waals surface area contributed by atoms with E-state index in [9.17, 15) is 4.79 Å². The molecule has 2 aromatic heterocycles. The number of hydrogen-bond acceptors (Lipinski definition) is 7. The molecule has 4 rings (SSSR count). The SMILES string of the molecule is Cc1cc(C)cc(NC(=O)c2cc(N3CCN(c4ncccn4)CC3)ncn2)c1. The van der Waals surface area contributed by atoms with Crippen LogP contribution in [-0.2, 0) is 0 Å². The number of amides is 1. The predicted molar refractivity (Wildman–Crippen MR) is 112 cm³/mol. The van der Waals surface area contributed by atoms with Gasteiger partial charge in [-0.3, -0.25) is 4.79 Å². The molecular formula is C21H23N7O. The van der Waals surface area contributed by atoms with Gasteiger partial charge in [0.2, 0.25) is 5.95 Å². The number of hydrogen-bond donors (Lipinski definition) is 1. The molecule has 0 unspecified atom stereocenters. The lowest BCUT2D eigenvalue weighted by molar-refractivity contribution is 0.102. The minimum absolute atomic E-state index is 0.241. The fourth-order valence-corrected chi connectivity index (χ4v) is 3.48. The Labute approximate surface area is 169 Å². The second-order valence-corrected chi connectivity index (χ2v) is 7.11. The van der Waals surface area contributed by atoms with Crippen molar-refractivity contribution in [2.75, 3.05) is 41.3 Å². The molecule has 1 aliphatic rings. The second kappa shape index (κ2) is 8.22. The summed E-state index contributed by atoms with van der Waals surface area (Å²) < 4.78 is 0. The molecule has 1 saturated heterocycles. The van der Waals surface area contributed by atoms with Crippen LogP contribution in [0.25, 0.3) is 0 Å². The number of carbonyl (C=O) groups excluding carboxylic acids is 1. The molecule has 3 heterocycles. The molecule has 148 valence electrons. The lowest BCUT2D eigenvalue weighted by Crippen LogP contribution is -2.47. The number of piperazine rings is 1. The number of rotatable bonds is 4. The molecule has 0 aliphatic carbocycles. The summed E-state index contributed by atoms with van der Waals surface area (Å²) in [5, 5.41) is 2.93. The van der Waals surface area contributed by atoms with E-state index in [1.165, 1.54) is 6.33 Å². The summed E-state index contributed by atoms with van der Waals surface area (Å²) in [7, 11) is 0. The van der Waals surface area contributed by atoms with Gasteiger partial charge in [0.15, 0.2) is 0 Å². The smallest absolute Gasteiger partial charge is 0.274 e. The van der Waals surface area contributed by atoms with Crippen LogP contribution in [0.5, 0.6) is 0 Å². The van der Waals surface area contributed by atoms with E-state index in [0.717, 1.165) is 54.8 Å². The highest BCUT2D eigenvalue weighted by atomic mass is 16.1. The molecule has 29 heavy (non-hydrogen) atoms. The Kier molecular flexibility index (Phi) is 5.33. The molecule has 1 aromatic carbocycles. The zero-order valence-corrected chi connectivity index (χ0v) is 16.5. The van der Waals surface area contributed by atoms with E-state index in [-0.39, 0.29) is 5.91 Å². The highest BCUT2D eigenvalue weighted by Crippen LogP contribution is 2.18. The summed E-state index contributed by atoms with van der Waals surface area (Å²) in [5.41, 5.74) is 3.32. The standard InChI is InChI=1S/C21H23N7O/c1-15-10-16(2)12-17(11-15)26-20(29)18-13-19(25-14-24-18)27-6-8-28(9-7-27)21-22-4-3-5-23-21/h3-5,10-14H,6-9H2,1-2H3,(H,26,29). The van der Waals surface area contributed by atoms with Gasteiger partial charge in [0, 0.05) is 50.3 Å². The summed E-state index contributed by atoms with van der Waals surface area (Å²) in [6.45, 7) is 7.13. The van der Waals surface area contributed by atoms with E-state index in [2.05, 4.69) is 41.1 Å². The van der Waals surface area contributed by atoms with Gasteiger partial charge in [0.1, 0.15) is 17.8 Å². The average Bonchev–Trinajstić information content (AvgIpc) is 2.74. The lowest BCUT2D eigenvalue weighted by Gasteiger charge is -2.35. The van der Waals surface area contributed by atoms with Crippen LogP contribution >= 0.6 is 0 Å². The topological polar surface area (TPSA) is 87.1 Å². The fourth-order valence-electron chi connectivity index (χ4n) is 3.48. The van der Waals surface area contributed by atoms with Crippen LogP contribution in [0.15, 0.2) is 49.1 Å². The van der Waals surface area contributed by atoms with Crippen molar-refractivity contribution >= 4 is 23.4 Å². The van der Waals surface area contributed by atoms with E-state index in [1.54, 1.807) is 18.5 Å². The molecule has 0 radical (unpaired) electrons. The number of benzene rings is 1. The first-order valence-corrected chi connectivity index (χ1v) is 9.57. The highest BCUT2D eigenvalue weighted by molar-refractivity contribution is 6.03. The quantitative estimate of drug-likeness (QED) is 0.733. The molecule has 0 atom stereocenters. The third-order valence-corrected chi connectivity index (χ3v) is 4.80. The van der Waals surface area contributed by atoms with Gasteiger partial charge in [-0.25, -0.2) is 19.9 Å². The van der Waals surface area contributed by atoms with Gasteiger partial charge in [-0.15, -0.1) is 0 Å². The molecule has 0 spiro atoms. The third kappa shape index (κ3) is 4.48. The minimum Gasteiger partial charge on any atom is -0.353 e. The molecule has 3 aromatic rings. The number of nitrogens with zero attached hydrogens (tertiary/aromatic N) is 6. The van der Waals surface area contributed by atoms with Crippen molar-refractivity contribution in [2.45, 2.75) is 13.8 Å². The van der Waals surface area contributed by atoms with E-state index >= 15 is 0 Å². The van der Waals surface area contributed by atoms with Crippen molar-refractivity contribution in [3.63, 3.8) is 0 Å². The van der Waals surface area contributed by atoms with Crippen LogP contribution in [0.4, 0.5) is 17.5 Å². The molecule has 1 fully saturated rings. The molecule has 8 heteroatoms. The number of anilines is 3. The van der Waals surface area contributed by atoms with Crippen LogP contribution in [0.1, 0.15) is 21.6 Å². The summed E-state index contributed by atoms with van der Waals surface area (Å²) in [5.74, 6) is 1.25. The minimum atomic E-state index is -0.241. The Bertz CT molecular complexity index is 981. The van der Waals surface area contributed by atoms with E-state index in [0.29, 0.717) is 5.69 Å². The normalized spacial score (nSPS) is 14.0. The largest absolute Gasteiger partial charge is 0.353 e. The first-order chi connectivity index (χ1) is 14.1. The van der Waals surface area contributed by atoms with Gasteiger partial charge >= 0.3 is 0 Å². The zero-order chi connectivity index (χ0) is 20.2. The summed E-state index contributed by atoms with van der Waals surface area (Å²) in [6, 6.07) is 9.51. The van der Waals surface area contributed by atoms with Crippen molar-refractivity contribution in [3.05, 3.63) is 65.9 Å². The maximum absolute atomic E-state index is 12.7. The predicted octanol–water partition coefficient (Wildman–Crippen LogP) is 2.46. The van der Waals surface area contributed by atoms with E-state index in [1.807, 2.05) is 32.0 Å². The van der Waals surface area contributed by atoms with Crippen LogP contribution in [0.3, 0.4) is 0 Å². The Morgan fingerprint density at radius 1 is 0.862 bits per heavy atom. The van der Waals surface area contributed by atoms with Gasteiger partial charge in [0.25, 0.3) is 5.91 Å². The van der Waals surface area contributed by atoms with Gasteiger partial charge in [0.05, 0.1) is 0 Å². The second-order valence-electron chi connectivity index (χ2n) is 7.11. The Morgan fingerprint density at radius 3 is 2.21 bits per heavy atom. The van der Waals surface area contributed by atoms with Crippen molar-refractivity contribution in [1.29, 1.82) is 0 Å². The van der Waals surface area contributed by atoms with Crippen LogP contribution in [-0.4, -0.2) is 52.0 Å². The summed E-state index contributed by atoms with van der Waals surface area (Å²) in [4.78, 5) is 34.1. The monoisotopic (exact) mass is 389 g/mol. The molecular weight excluding hydrogens is 366 g/mol. The molecule has 1 amide bonds. The van der Waals surface area contributed by atoms with Crippen molar-refractivity contribution in [3.8, 4) is 0 Å². The van der Waals surface area contributed by atoms with Crippen LogP contribution in [0, 0.1) is 13.8 Å². The molecule has 1 aliphatic heterocycles. The van der Waals surface area contributed by atoms with Crippen LogP contribution < -0.4 is 15.1 Å². The lowest BCUT2D eigenvalue weighted by atomic mass is 10.1. The van der Waals surface area contributed by atoms with Gasteiger partial charge < -0.3 is 15.1 Å². The van der Waals surface area contributed by atoms with E-state index < -0.39 is 0 Å². The Balaban J connectivity index is 1.43. The zero-order valence-electron chi connectivity index (χ0n) is 16.5. The molecule has 0 saturated carbocycles. The number of aryl methyl sites for hydroxylation is 2. The third-order valence-electron chi connectivity index (χ3n) is 4.80. The Morgan fingerprint density at radius 2 is 1.52 bits per heavy atom. The number of nitrogens with one attached hydrogen (secondary N) is 1. The fraction of sp³-hybridized carbons (Fsp3) is 0.286. The van der Waals surface area contributed by atoms with Gasteiger partial charge in [-0.05, 0) is 43.2 Å². The maximum Gasteiger partial charge on any atom is 0.274 e. The first kappa shape index (κ1) is 18.8. The number of aromatic nitrogens is 4. The molecule has 1 N–H and O–H groups in total. The average molecular weight is 389 g/mol. The van der Waals surface area contributed by atoms with Crippen molar-refractivity contribution < 1.29 is 4.79 Å². The maximum atomic E-state index is 12.7. The Hall–Kier alpha value is -3.55. The highest BCUT2D eigenvalue weighted by Gasteiger charge is 2.21. The molecule has 0 bridgehead atoms. The summed E-state index contributed by atoms with van der Waals surface area (Å²) >= 11 is 0. The van der Waals surface area contributed by atoms with Gasteiger partial charge in [-0.2, -0.15) is 0 Å². The summed E-state index contributed by atoms with van der Waals surface area (Å²) in [6.07, 6.45) is 4.94.